The number of hydrogen-bond donors (Lipinski definition) is 1. The van der Waals surface area contributed by atoms with Crippen LogP contribution in [0.2, 0.25) is 0 Å². The Morgan fingerprint density at radius 2 is 1.89 bits per heavy atom. The Labute approximate surface area is 117 Å². The molecule has 1 N–H and O–H groups in total. The van der Waals surface area contributed by atoms with E-state index in [4.69, 9.17) is 4.55 Å². The van der Waals surface area contributed by atoms with Crippen molar-refractivity contribution < 1.29 is 35.1 Å². The summed E-state index contributed by atoms with van der Waals surface area (Å²) in [5.41, 5.74) is 0.796. The zero-order chi connectivity index (χ0) is 12.9. The van der Waals surface area contributed by atoms with E-state index >= 15 is 0 Å². The molecule has 0 radical (unpaired) electrons. The second kappa shape index (κ2) is 7.28. The van der Waals surface area contributed by atoms with Crippen molar-refractivity contribution in [2.24, 2.45) is 0 Å². The summed E-state index contributed by atoms with van der Waals surface area (Å²) < 4.78 is 28.8. The SMILES string of the molecule is CC([O-])=C1C=CC=C1.O=S(=O)(O)c1ccc[cH-]1.[Fe+2]. The van der Waals surface area contributed by atoms with Gasteiger partial charge in [0, 0.05) is 0 Å². The largest absolute Gasteiger partial charge is 2.00 e. The van der Waals surface area contributed by atoms with Crippen LogP contribution in [0, 0.1) is 0 Å². The molecule has 0 unspecified atom stereocenters. The maximum Gasteiger partial charge on any atom is 2.00 e. The van der Waals surface area contributed by atoms with Crippen LogP contribution in [-0.4, -0.2) is 13.0 Å². The van der Waals surface area contributed by atoms with E-state index in [1.165, 1.54) is 12.1 Å². The van der Waals surface area contributed by atoms with Crippen LogP contribution in [0.15, 0.2) is 64.8 Å². The molecule has 98 valence electrons. The van der Waals surface area contributed by atoms with Crippen LogP contribution in [0.25, 0.3) is 0 Å². The molecule has 18 heavy (non-hydrogen) atoms. The average Bonchev–Trinajstić information content (AvgIpc) is 2.92. The molecule has 0 heterocycles. The predicted octanol–water partition coefficient (Wildman–Crippen LogP) is 1.40. The Morgan fingerprint density at radius 1 is 1.33 bits per heavy atom. The van der Waals surface area contributed by atoms with E-state index in [-0.39, 0.29) is 27.7 Å². The topological polar surface area (TPSA) is 77.4 Å². The van der Waals surface area contributed by atoms with E-state index < -0.39 is 10.1 Å². The van der Waals surface area contributed by atoms with Gasteiger partial charge in [-0.05, 0) is 10.5 Å². The zero-order valence-corrected chi connectivity index (χ0v) is 11.5. The molecule has 0 fully saturated rings. The van der Waals surface area contributed by atoms with Crippen molar-refractivity contribution >= 4 is 10.1 Å². The molecule has 0 amide bonds. The van der Waals surface area contributed by atoms with Gasteiger partial charge in [0.1, 0.15) is 0 Å². The molecule has 0 atom stereocenters. The Kier molecular flexibility index (Phi) is 6.80. The third kappa shape index (κ3) is 5.42. The molecule has 4 nitrogen and oxygen atoms in total. The van der Waals surface area contributed by atoms with Gasteiger partial charge in [0.05, 0.1) is 0 Å². The summed E-state index contributed by atoms with van der Waals surface area (Å²) in [7, 11) is -3.96. The first kappa shape index (κ1) is 16.8. The third-order valence-electron chi connectivity index (χ3n) is 2.00. The van der Waals surface area contributed by atoms with E-state index in [1.807, 2.05) is 24.3 Å². The number of allylic oxidation sites excluding steroid dienone is 6. The summed E-state index contributed by atoms with van der Waals surface area (Å²) in [5, 5.41) is 10.5. The Morgan fingerprint density at radius 3 is 2.11 bits per heavy atom. The van der Waals surface area contributed by atoms with E-state index in [1.54, 1.807) is 19.1 Å². The van der Waals surface area contributed by atoms with Crippen molar-refractivity contribution in [3.8, 4) is 0 Å². The minimum atomic E-state index is -3.96. The van der Waals surface area contributed by atoms with Gasteiger partial charge in [-0.2, -0.15) is 26.6 Å². The molecule has 0 spiro atoms. The van der Waals surface area contributed by atoms with Crippen LogP contribution in [0.4, 0.5) is 0 Å². The molecule has 1 aromatic carbocycles. The first-order valence-corrected chi connectivity index (χ1v) is 6.27. The van der Waals surface area contributed by atoms with Gasteiger partial charge in [0.25, 0.3) is 10.1 Å². The van der Waals surface area contributed by atoms with Crippen LogP contribution in [0.3, 0.4) is 0 Å². The first-order chi connectivity index (χ1) is 7.91. The van der Waals surface area contributed by atoms with E-state index in [2.05, 4.69) is 0 Å². The van der Waals surface area contributed by atoms with Gasteiger partial charge >= 0.3 is 17.1 Å². The summed E-state index contributed by atoms with van der Waals surface area (Å²) in [6, 6.07) is 5.75. The summed E-state index contributed by atoms with van der Waals surface area (Å²) in [4.78, 5) is -0.0532. The molecule has 0 saturated heterocycles. The summed E-state index contributed by atoms with van der Waals surface area (Å²) in [5.74, 6) is 0.134. The molecule has 6 heteroatoms. The molecular weight excluding hydrogens is 296 g/mol. The Hall–Kier alpha value is -1.20. The predicted molar refractivity (Wildman–Crippen MR) is 62.8 cm³/mol. The molecule has 0 aliphatic heterocycles. The minimum absolute atomic E-state index is 0. The van der Waals surface area contributed by atoms with Crippen LogP contribution >= 0.6 is 0 Å². The molecule has 2 rings (SSSR count). The van der Waals surface area contributed by atoms with Crippen molar-refractivity contribution in [1.82, 2.24) is 0 Å². The average molecular weight is 308 g/mol. The maximum atomic E-state index is 10.5. The van der Waals surface area contributed by atoms with Crippen molar-refractivity contribution in [3.05, 3.63) is 59.9 Å². The van der Waals surface area contributed by atoms with Gasteiger partial charge in [-0.1, -0.05) is 31.2 Å². The molecule has 0 aromatic heterocycles. The van der Waals surface area contributed by atoms with E-state index in [9.17, 15) is 13.5 Å². The molecular formula is C12H12FeO4S. The molecule has 1 aliphatic carbocycles. The number of hydrogen-bond acceptors (Lipinski definition) is 3. The smallest absolute Gasteiger partial charge is 0.875 e. The van der Waals surface area contributed by atoms with Crippen molar-refractivity contribution in [2.75, 3.05) is 0 Å². The minimum Gasteiger partial charge on any atom is -0.875 e. The second-order valence-corrected chi connectivity index (χ2v) is 4.75. The normalized spacial score (nSPS) is 12.7. The fraction of sp³-hybridized carbons (Fsp3) is 0.0833. The zero-order valence-electron chi connectivity index (χ0n) is 9.55. The van der Waals surface area contributed by atoms with Crippen molar-refractivity contribution in [2.45, 2.75) is 11.8 Å². The van der Waals surface area contributed by atoms with Crippen molar-refractivity contribution in [3.63, 3.8) is 0 Å². The second-order valence-electron chi connectivity index (χ2n) is 3.33. The monoisotopic (exact) mass is 308 g/mol. The van der Waals surface area contributed by atoms with Gasteiger partial charge in [0.15, 0.2) is 0 Å². The Bertz CT molecular complexity index is 533. The summed E-state index contributed by atoms with van der Waals surface area (Å²) in [6.45, 7) is 1.56. The van der Waals surface area contributed by atoms with Gasteiger partial charge in [0.2, 0.25) is 0 Å². The molecule has 1 aromatic rings. The molecule has 0 saturated carbocycles. The first-order valence-electron chi connectivity index (χ1n) is 4.83. The number of rotatable bonds is 1. The van der Waals surface area contributed by atoms with Crippen LogP contribution < -0.4 is 5.11 Å². The fourth-order valence-electron chi connectivity index (χ4n) is 1.14. The summed E-state index contributed by atoms with van der Waals surface area (Å²) >= 11 is 0. The maximum absolute atomic E-state index is 10.5. The van der Waals surface area contributed by atoms with Crippen LogP contribution in [0.1, 0.15) is 6.92 Å². The Balaban J connectivity index is 0.000000306. The fourth-order valence-corrected chi connectivity index (χ4v) is 1.64. The van der Waals surface area contributed by atoms with Gasteiger partial charge in [-0.3, -0.25) is 4.55 Å². The van der Waals surface area contributed by atoms with Gasteiger partial charge in [-0.25, -0.2) is 6.07 Å². The van der Waals surface area contributed by atoms with Crippen LogP contribution in [-0.2, 0) is 27.2 Å². The van der Waals surface area contributed by atoms with Crippen LogP contribution in [0.5, 0.6) is 0 Å². The third-order valence-corrected chi connectivity index (χ3v) is 2.87. The quantitative estimate of drug-likeness (QED) is 0.368. The summed E-state index contributed by atoms with van der Waals surface area (Å²) in [6.07, 6.45) is 7.33. The standard InChI is InChI=1S/C7H8O.C5H5O3S.Fe/c1-6(8)7-4-2-3-5-7;6-9(7,8)5-3-1-2-4-5;/h2-5,8H,1H3;1-4H,(H,6,7,8);/q;-1;+2/p-1. The van der Waals surface area contributed by atoms with E-state index in [0.717, 1.165) is 5.57 Å². The van der Waals surface area contributed by atoms with E-state index in [0.29, 0.717) is 0 Å². The van der Waals surface area contributed by atoms with Crippen molar-refractivity contribution in [1.29, 1.82) is 0 Å². The molecule has 1 aliphatic rings. The van der Waals surface area contributed by atoms with Gasteiger partial charge in [-0.15, -0.1) is 5.76 Å². The molecule has 0 bridgehead atoms. The van der Waals surface area contributed by atoms with Gasteiger partial charge < -0.3 is 5.11 Å².